The first kappa shape index (κ1) is 11.6. The Bertz CT molecular complexity index is 302. The summed E-state index contributed by atoms with van der Waals surface area (Å²) in [5.41, 5.74) is 5.78. The fraction of sp³-hybridized carbons (Fsp3) is 0.636. The monoisotopic (exact) mass is 226 g/mol. The van der Waals surface area contributed by atoms with Gasteiger partial charge in [0.25, 0.3) is 0 Å². The largest absolute Gasteiger partial charge is 0.468 e. The normalized spacial score (nSPS) is 24.5. The van der Waals surface area contributed by atoms with Gasteiger partial charge in [-0.2, -0.15) is 0 Å². The van der Waals surface area contributed by atoms with Crippen LogP contribution in [0.3, 0.4) is 0 Å². The van der Waals surface area contributed by atoms with Crippen LogP contribution in [0.4, 0.5) is 0 Å². The molecule has 5 nitrogen and oxygen atoms in total. The zero-order valence-corrected chi connectivity index (χ0v) is 9.21. The second-order valence-electron chi connectivity index (χ2n) is 3.94. The second-order valence-corrected chi connectivity index (χ2v) is 3.94. The Kier molecular flexibility index (Phi) is 3.95. The highest BCUT2D eigenvalue weighted by atomic mass is 16.5. The average Bonchev–Trinajstić information content (AvgIpc) is 2.84. The van der Waals surface area contributed by atoms with E-state index in [2.05, 4.69) is 4.90 Å². The summed E-state index contributed by atoms with van der Waals surface area (Å²) in [6, 6.07) is 3.87. The molecular formula is C11H18N2O3. The molecule has 0 radical (unpaired) electrons. The highest BCUT2D eigenvalue weighted by molar-refractivity contribution is 5.05. The molecule has 0 amide bonds. The number of rotatable bonds is 4. The van der Waals surface area contributed by atoms with Crippen LogP contribution in [0.15, 0.2) is 22.8 Å². The molecule has 16 heavy (non-hydrogen) atoms. The fourth-order valence-corrected chi connectivity index (χ4v) is 2.06. The summed E-state index contributed by atoms with van der Waals surface area (Å²) in [5.74, 6) is 0.876. The Labute approximate surface area is 94.8 Å². The molecule has 5 heteroatoms. The van der Waals surface area contributed by atoms with Crippen LogP contribution in [-0.2, 0) is 4.74 Å². The molecule has 2 atom stereocenters. The van der Waals surface area contributed by atoms with Crippen molar-refractivity contribution in [2.75, 3.05) is 32.8 Å². The van der Waals surface area contributed by atoms with E-state index in [-0.39, 0.29) is 18.8 Å². The highest BCUT2D eigenvalue weighted by Gasteiger charge is 2.27. The van der Waals surface area contributed by atoms with Crippen LogP contribution in [0.1, 0.15) is 11.8 Å². The molecular weight excluding hydrogens is 208 g/mol. The van der Waals surface area contributed by atoms with Gasteiger partial charge in [0.15, 0.2) is 0 Å². The molecule has 1 aliphatic heterocycles. The van der Waals surface area contributed by atoms with Crippen LogP contribution in [0.2, 0.25) is 0 Å². The van der Waals surface area contributed by atoms with Crippen molar-refractivity contribution >= 4 is 0 Å². The summed E-state index contributed by atoms with van der Waals surface area (Å²) in [4.78, 5) is 2.20. The summed E-state index contributed by atoms with van der Waals surface area (Å²) >= 11 is 0. The van der Waals surface area contributed by atoms with Crippen LogP contribution in [0, 0.1) is 0 Å². The summed E-state index contributed by atoms with van der Waals surface area (Å²) in [5, 5.41) is 9.09. The number of nitrogens with two attached hydrogens (primary N) is 1. The number of hydrogen-bond donors (Lipinski definition) is 2. The van der Waals surface area contributed by atoms with Gasteiger partial charge in [-0.1, -0.05) is 0 Å². The minimum Gasteiger partial charge on any atom is -0.468 e. The van der Waals surface area contributed by atoms with Gasteiger partial charge in [-0.3, -0.25) is 4.90 Å². The number of furan rings is 1. The zero-order valence-electron chi connectivity index (χ0n) is 9.21. The lowest BCUT2D eigenvalue weighted by molar-refractivity contribution is -0.0663. The van der Waals surface area contributed by atoms with Crippen molar-refractivity contribution in [3.05, 3.63) is 24.2 Å². The molecule has 0 aliphatic carbocycles. The van der Waals surface area contributed by atoms with Crippen molar-refractivity contribution in [3.8, 4) is 0 Å². The maximum Gasteiger partial charge on any atom is 0.122 e. The molecule has 2 rings (SSSR count). The van der Waals surface area contributed by atoms with Gasteiger partial charge in [0.05, 0.1) is 31.6 Å². The third kappa shape index (κ3) is 2.44. The Morgan fingerprint density at radius 3 is 3.12 bits per heavy atom. The van der Waals surface area contributed by atoms with Crippen molar-refractivity contribution in [2.24, 2.45) is 5.73 Å². The Morgan fingerprint density at radius 1 is 1.62 bits per heavy atom. The summed E-state index contributed by atoms with van der Waals surface area (Å²) in [6.07, 6.45) is 1.54. The van der Waals surface area contributed by atoms with E-state index in [0.717, 1.165) is 12.3 Å². The van der Waals surface area contributed by atoms with E-state index in [4.69, 9.17) is 20.0 Å². The molecule has 0 saturated carbocycles. The molecule has 90 valence electrons. The number of nitrogens with zero attached hydrogens (tertiary/aromatic N) is 1. The van der Waals surface area contributed by atoms with E-state index in [1.165, 1.54) is 0 Å². The number of aliphatic hydroxyl groups excluding tert-OH is 1. The van der Waals surface area contributed by atoms with Crippen molar-refractivity contribution in [2.45, 2.75) is 12.1 Å². The molecule has 1 aromatic heterocycles. The quantitative estimate of drug-likeness (QED) is 0.754. The SMILES string of the molecule is NCC(c1ccco1)N1CCOC(CO)C1. The van der Waals surface area contributed by atoms with Crippen LogP contribution in [0.25, 0.3) is 0 Å². The van der Waals surface area contributed by atoms with Crippen molar-refractivity contribution in [3.63, 3.8) is 0 Å². The Hall–Kier alpha value is -0.880. The van der Waals surface area contributed by atoms with Crippen LogP contribution in [-0.4, -0.2) is 49.0 Å². The van der Waals surface area contributed by atoms with E-state index < -0.39 is 0 Å². The maximum absolute atomic E-state index is 9.09. The zero-order chi connectivity index (χ0) is 11.4. The first-order valence-electron chi connectivity index (χ1n) is 5.55. The predicted octanol–water partition coefficient (Wildman–Crippen LogP) is -0.0275. The van der Waals surface area contributed by atoms with Gasteiger partial charge in [-0.25, -0.2) is 0 Å². The Morgan fingerprint density at radius 2 is 2.50 bits per heavy atom. The molecule has 2 unspecified atom stereocenters. The lowest BCUT2D eigenvalue weighted by Gasteiger charge is -2.36. The van der Waals surface area contributed by atoms with E-state index in [1.54, 1.807) is 6.26 Å². The number of aliphatic hydroxyl groups is 1. The van der Waals surface area contributed by atoms with Gasteiger partial charge < -0.3 is 20.0 Å². The summed E-state index contributed by atoms with van der Waals surface area (Å²) in [7, 11) is 0. The van der Waals surface area contributed by atoms with Crippen LogP contribution < -0.4 is 5.73 Å². The molecule has 0 spiro atoms. The smallest absolute Gasteiger partial charge is 0.122 e. The van der Waals surface area contributed by atoms with Gasteiger partial charge in [-0.05, 0) is 12.1 Å². The van der Waals surface area contributed by atoms with Gasteiger partial charge >= 0.3 is 0 Å². The van der Waals surface area contributed by atoms with Crippen LogP contribution >= 0.6 is 0 Å². The topological polar surface area (TPSA) is 71.9 Å². The lowest BCUT2D eigenvalue weighted by atomic mass is 10.1. The van der Waals surface area contributed by atoms with E-state index in [1.807, 2.05) is 12.1 Å². The molecule has 1 saturated heterocycles. The molecule has 2 heterocycles. The lowest BCUT2D eigenvalue weighted by Crippen LogP contribution is -2.47. The minimum atomic E-state index is -0.113. The first-order chi connectivity index (χ1) is 7.85. The third-order valence-corrected chi connectivity index (χ3v) is 2.91. The predicted molar refractivity (Wildman–Crippen MR) is 58.9 cm³/mol. The first-order valence-corrected chi connectivity index (χ1v) is 5.55. The molecule has 1 fully saturated rings. The minimum absolute atomic E-state index is 0.0476. The number of hydrogen-bond acceptors (Lipinski definition) is 5. The van der Waals surface area contributed by atoms with E-state index in [9.17, 15) is 0 Å². The van der Waals surface area contributed by atoms with Gasteiger partial charge in [0, 0.05) is 19.6 Å². The number of ether oxygens (including phenoxy) is 1. The standard InChI is InChI=1S/C11H18N2O3/c12-6-10(11-2-1-4-16-11)13-3-5-15-9(7-13)8-14/h1-2,4,9-10,14H,3,5-8,12H2. The van der Waals surface area contributed by atoms with Gasteiger partial charge in [0.2, 0.25) is 0 Å². The third-order valence-electron chi connectivity index (χ3n) is 2.91. The van der Waals surface area contributed by atoms with E-state index >= 15 is 0 Å². The fourth-order valence-electron chi connectivity index (χ4n) is 2.06. The highest BCUT2D eigenvalue weighted by Crippen LogP contribution is 2.22. The van der Waals surface area contributed by atoms with E-state index in [0.29, 0.717) is 19.7 Å². The molecule has 1 aromatic rings. The summed E-state index contributed by atoms with van der Waals surface area (Å²) < 4.78 is 10.8. The molecule has 3 N–H and O–H groups in total. The Balaban J connectivity index is 2.03. The van der Waals surface area contributed by atoms with Gasteiger partial charge in [-0.15, -0.1) is 0 Å². The van der Waals surface area contributed by atoms with Crippen molar-refractivity contribution < 1.29 is 14.3 Å². The molecule has 0 bridgehead atoms. The maximum atomic E-state index is 9.09. The number of morpholine rings is 1. The molecule has 1 aliphatic rings. The van der Waals surface area contributed by atoms with Crippen molar-refractivity contribution in [1.29, 1.82) is 0 Å². The van der Waals surface area contributed by atoms with Gasteiger partial charge in [0.1, 0.15) is 5.76 Å². The van der Waals surface area contributed by atoms with Crippen molar-refractivity contribution in [1.82, 2.24) is 4.90 Å². The summed E-state index contributed by atoms with van der Waals surface area (Å²) in [6.45, 7) is 2.69. The average molecular weight is 226 g/mol. The van der Waals surface area contributed by atoms with Crippen LogP contribution in [0.5, 0.6) is 0 Å². The second kappa shape index (κ2) is 5.45. The molecule has 0 aromatic carbocycles.